The molecule has 0 radical (unpaired) electrons. The third-order valence-corrected chi connectivity index (χ3v) is 4.05. The average molecular weight is 328 g/mol. The highest BCUT2D eigenvalue weighted by Gasteiger charge is 2.08. The number of amides is 1. The molecule has 104 valence electrons. The molecule has 20 heavy (non-hydrogen) atoms. The van der Waals surface area contributed by atoms with E-state index in [9.17, 15) is 9.90 Å². The molecule has 0 aliphatic rings. The number of halogens is 2. The number of benzene rings is 2. The topological polar surface area (TPSA) is 49.3 Å². The van der Waals surface area contributed by atoms with Crippen LogP contribution in [0.2, 0.25) is 10.0 Å². The number of thioether (sulfide) groups is 1. The van der Waals surface area contributed by atoms with Gasteiger partial charge in [0.25, 0.3) is 0 Å². The van der Waals surface area contributed by atoms with Gasteiger partial charge in [-0.1, -0.05) is 35.3 Å². The lowest BCUT2D eigenvalue weighted by atomic mass is 10.3. The van der Waals surface area contributed by atoms with Crippen molar-refractivity contribution in [2.75, 3.05) is 11.1 Å². The molecule has 0 aromatic heterocycles. The van der Waals surface area contributed by atoms with Gasteiger partial charge in [0.15, 0.2) is 0 Å². The van der Waals surface area contributed by atoms with Crippen molar-refractivity contribution in [3.05, 3.63) is 52.5 Å². The van der Waals surface area contributed by atoms with E-state index in [0.29, 0.717) is 20.6 Å². The predicted octanol–water partition coefficient (Wildman–Crippen LogP) is 4.43. The molecule has 0 saturated heterocycles. The number of carbonyl (C=O) groups is 1. The monoisotopic (exact) mass is 327 g/mol. The third kappa shape index (κ3) is 4.07. The molecule has 1 amide bonds. The number of para-hydroxylation sites is 1. The maximum absolute atomic E-state index is 11.8. The Kier molecular flexibility index (Phi) is 5.17. The van der Waals surface area contributed by atoms with Crippen LogP contribution < -0.4 is 5.32 Å². The second kappa shape index (κ2) is 6.88. The highest BCUT2D eigenvalue weighted by Crippen LogP contribution is 2.29. The predicted molar refractivity (Wildman–Crippen MR) is 83.9 cm³/mol. The Morgan fingerprint density at radius 2 is 1.95 bits per heavy atom. The number of carbonyl (C=O) groups excluding carboxylic acids is 1. The summed E-state index contributed by atoms with van der Waals surface area (Å²) in [5.74, 6) is 0.106. The van der Waals surface area contributed by atoms with E-state index in [-0.39, 0.29) is 17.4 Å². The van der Waals surface area contributed by atoms with E-state index in [0.717, 1.165) is 0 Å². The van der Waals surface area contributed by atoms with E-state index >= 15 is 0 Å². The summed E-state index contributed by atoms with van der Waals surface area (Å²) < 4.78 is 0. The molecule has 0 aliphatic heterocycles. The van der Waals surface area contributed by atoms with Crippen molar-refractivity contribution in [2.24, 2.45) is 0 Å². The zero-order valence-corrected chi connectivity index (χ0v) is 12.6. The van der Waals surface area contributed by atoms with Crippen LogP contribution in [0.25, 0.3) is 0 Å². The molecule has 0 atom stereocenters. The smallest absolute Gasteiger partial charge is 0.234 e. The van der Waals surface area contributed by atoms with Crippen LogP contribution in [0.5, 0.6) is 5.75 Å². The minimum atomic E-state index is -0.220. The van der Waals surface area contributed by atoms with Crippen molar-refractivity contribution >= 4 is 46.6 Å². The fourth-order valence-electron chi connectivity index (χ4n) is 1.50. The van der Waals surface area contributed by atoms with Crippen molar-refractivity contribution < 1.29 is 9.90 Å². The van der Waals surface area contributed by atoms with E-state index in [1.165, 1.54) is 11.8 Å². The van der Waals surface area contributed by atoms with Gasteiger partial charge in [-0.05, 0) is 30.3 Å². The normalized spacial score (nSPS) is 10.3. The number of anilines is 1. The number of phenols is 1. The van der Waals surface area contributed by atoms with Crippen molar-refractivity contribution in [1.29, 1.82) is 0 Å². The lowest BCUT2D eigenvalue weighted by Crippen LogP contribution is -2.14. The molecular weight excluding hydrogens is 317 g/mol. The molecule has 0 fully saturated rings. The van der Waals surface area contributed by atoms with E-state index in [1.54, 1.807) is 42.5 Å². The lowest BCUT2D eigenvalue weighted by Gasteiger charge is -2.08. The Hall–Kier alpha value is -1.36. The van der Waals surface area contributed by atoms with E-state index in [1.807, 2.05) is 0 Å². The molecule has 2 rings (SSSR count). The fraction of sp³-hybridized carbons (Fsp3) is 0.0714. The Labute approximate surface area is 130 Å². The summed E-state index contributed by atoms with van der Waals surface area (Å²) in [7, 11) is 0. The molecule has 0 saturated carbocycles. The summed E-state index contributed by atoms with van der Waals surface area (Å²) in [6.45, 7) is 0. The fourth-order valence-corrected chi connectivity index (χ4v) is 2.59. The number of nitrogens with one attached hydrogen (secondary N) is 1. The molecule has 0 spiro atoms. The van der Waals surface area contributed by atoms with Gasteiger partial charge in [0.1, 0.15) is 5.75 Å². The Morgan fingerprint density at radius 1 is 1.20 bits per heavy atom. The molecule has 0 bridgehead atoms. The van der Waals surface area contributed by atoms with Crippen molar-refractivity contribution in [3.63, 3.8) is 0 Å². The highest BCUT2D eigenvalue weighted by molar-refractivity contribution is 8.00. The van der Waals surface area contributed by atoms with Gasteiger partial charge in [-0.15, -0.1) is 11.8 Å². The van der Waals surface area contributed by atoms with E-state index in [4.69, 9.17) is 23.2 Å². The van der Waals surface area contributed by atoms with Gasteiger partial charge in [0.05, 0.1) is 16.5 Å². The zero-order valence-electron chi connectivity index (χ0n) is 10.3. The van der Waals surface area contributed by atoms with Gasteiger partial charge in [-0.3, -0.25) is 4.79 Å². The van der Waals surface area contributed by atoms with Crippen LogP contribution in [-0.4, -0.2) is 16.8 Å². The van der Waals surface area contributed by atoms with Gasteiger partial charge in [0.2, 0.25) is 5.91 Å². The van der Waals surface area contributed by atoms with Crippen LogP contribution in [-0.2, 0) is 4.79 Å². The van der Waals surface area contributed by atoms with Crippen molar-refractivity contribution in [3.8, 4) is 5.75 Å². The lowest BCUT2D eigenvalue weighted by molar-refractivity contribution is -0.113. The minimum absolute atomic E-state index is 0.158. The first-order valence-electron chi connectivity index (χ1n) is 5.72. The van der Waals surface area contributed by atoms with Gasteiger partial charge >= 0.3 is 0 Å². The van der Waals surface area contributed by atoms with Crippen LogP contribution >= 0.6 is 35.0 Å². The molecule has 0 aliphatic carbocycles. The molecule has 6 heteroatoms. The Balaban J connectivity index is 1.96. The molecule has 2 N–H and O–H groups in total. The quantitative estimate of drug-likeness (QED) is 0.816. The molecule has 3 nitrogen and oxygen atoms in total. The second-order valence-electron chi connectivity index (χ2n) is 3.93. The van der Waals surface area contributed by atoms with Crippen LogP contribution in [0.3, 0.4) is 0 Å². The molecular formula is C14H11Cl2NO2S. The minimum Gasteiger partial charge on any atom is -0.507 e. The number of hydrogen-bond donors (Lipinski definition) is 2. The molecule has 2 aromatic carbocycles. The maximum atomic E-state index is 11.8. The largest absolute Gasteiger partial charge is 0.507 e. The van der Waals surface area contributed by atoms with E-state index in [2.05, 4.69) is 5.32 Å². The number of phenolic OH excluding ortho intramolecular Hbond substituents is 1. The summed E-state index contributed by atoms with van der Waals surface area (Å²) in [5.41, 5.74) is 0.474. The van der Waals surface area contributed by atoms with Gasteiger partial charge in [0, 0.05) is 9.92 Å². The standard InChI is InChI=1S/C14H11Cl2NO2S/c15-9-5-6-10(16)11(7-9)17-14(19)8-20-13-4-2-1-3-12(13)18/h1-7,18H,8H2,(H,17,19). The van der Waals surface area contributed by atoms with Crippen molar-refractivity contribution in [2.45, 2.75) is 4.90 Å². The maximum Gasteiger partial charge on any atom is 0.234 e. The van der Waals surface area contributed by atoms with Gasteiger partial charge in [-0.2, -0.15) is 0 Å². The average Bonchev–Trinajstić information content (AvgIpc) is 2.42. The SMILES string of the molecule is O=C(CSc1ccccc1O)Nc1cc(Cl)ccc1Cl. The first-order chi connectivity index (χ1) is 9.56. The molecule has 0 unspecified atom stereocenters. The van der Waals surface area contributed by atoms with E-state index < -0.39 is 0 Å². The number of hydrogen-bond acceptors (Lipinski definition) is 3. The highest BCUT2D eigenvalue weighted by atomic mass is 35.5. The van der Waals surface area contributed by atoms with Gasteiger partial charge in [-0.25, -0.2) is 0 Å². The summed E-state index contributed by atoms with van der Waals surface area (Å²) in [6.07, 6.45) is 0. The van der Waals surface area contributed by atoms with Crippen LogP contribution in [0, 0.1) is 0 Å². The summed E-state index contributed by atoms with van der Waals surface area (Å²) in [5, 5.41) is 13.2. The van der Waals surface area contributed by atoms with Crippen LogP contribution in [0.1, 0.15) is 0 Å². The number of rotatable bonds is 4. The third-order valence-electron chi connectivity index (χ3n) is 2.43. The Morgan fingerprint density at radius 3 is 2.70 bits per heavy atom. The summed E-state index contributed by atoms with van der Waals surface area (Å²) in [6, 6.07) is 11.7. The van der Waals surface area contributed by atoms with Crippen molar-refractivity contribution in [1.82, 2.24) is 0 Å². The molecule has 0 heterocycles. The zero-order chi connectivity index (χ0) is 14.5. The Bertz CT molecular complexity index is 634. The summed E-state index contributed by atoms with van der Waals surface area (Å²) >= 11 is 13.1. The summed E-state index contributed by atoms with van der Waals surface area (Å²) in [4.78, 5) is 12.5. The van der Waals surface area contributed by atoms with Gasteiger partial charge < -0.3 is 10.4 Å². The number of aromatic hydroxyl groups is 1. The van der Waals surface area contributed by atoms with Crippen LogP contribution in [0.4, 0.5) is 5.69 Å². The first-order valence-corrected chi connectivity index (χ1v) is 7.46. The first kappa shape index (κ1) is 15.0. The molecule has 2 aromatic rings. The second-order valence-corrected chi connectivity index (χ2v) is 5.79. The van der Waals surface area contributed by atoms with Crippen LogP contribution in [0.15, 0.2) is 47.4 Å².